The van der Waals surface area contributed by atoms with Crippen LogP contribution in [0.2, 0.25) is 5.02 Å². The number of aromatic nitrogens is 4. The van der Waals surface area contributed by atoms with Crippen molar-refractivity contribution in [3.05, 3.63) is 56.4 Å². The van der Waals surface area contributed by atoms with E-state index in [9.17, 15) is 22.8 Å². The monoisotopic (exact) mass is 498 g/mol. The van der Waals surface area contributed by atoms with Crippen molar-refractivity contribution in [1.29, 1.82) is 0 Å². The number of anilines is 1. The van der Waals surface area contributed by atoms with Gasteiger partial charge in [0.05, 0.1) is 40.3 Å². The summed E-state index contributed by atoms with van der Waals surface area (Å²) < 4.78 is 40.9. The number of alkyl halides is 3. The lowest BCUT2D eigenvalue weighted by Gasteiger charge is -2.15. The summed E-state index contributed by atoms with van der Waals surface area (Å²) in [4.78, 5) is 33.2. The molecule has 3 aromatic rings. The number of fused-ring (bicyclic) bond motifs is 1. The quantitative estimate of drug-likeness (QED) is 0.540. The van der Waals surface area contributed by atoms with Gasteiger partial charge in [-0.15, -0.1) is 11.3 Å². The number of carbonyl (C=O) groups is 2. The zero-order chi connectivity index (χ0) is 23.8. The molecule has 0 aliphatic carbocycles. The number of carbonyl (C=O) groups excluding carboxylic acids is 2. The highest BCUT2D eigenvalue weighted by Crippen LogP contribution is 2.35. The molecule has 33 heavy (non-hydrogen) atoms. The molecule has 1 aliphatic heterocycles. The number of pyridine rings is 1. The minimum atomic E-state index is -4.68. The lowest BCUT2D eigenvalue weighted by atomic mass is 10.1. The summed E-state index contributed by atoms with van der Waals surface area (Å²) in [5.41, 5.74) is 0.322. The average molecular weight is 499 g/mol. The molecule has 2 amide bonds. The van der Waals surface area contributed by atoms with Crippen molar-refractivity contribution in [2.45, 2.75) is 44.9 Å². The maximum atomic E-state index is 13.0. The Labute approximate surface area is 195 Å². The first-order chi connectivity index (χ1) is 15.6. The highest BCUT2D eigenvalue weighted by atomic mass is 35.5. The van der Waals surface area contributed by atoms with Crippen LogP contribution in [0.5, 0.6) is 0 Å². The van der Waals surface area contributed by atoms with Crippen LogP contribution in [0.1, 0.15) is 62.1 Å². The Kier molecular flexibility index (Phi) is 6.39. The molecule has 3 aromatic heterocycles. The first-order valence-electron chi connectivity index (χ1n) is 9.99. The van der Waals surface area contributed by atoms with Crippen molar-refractivity contribution in [2.75, 3.05) is 5.32 Å². The Morgan fingerprint density at radius 2 is 1.97 bits per heavy atom. The van der Waals surface area contributed by atoms with Gasteiger partial charge in [0.15, 0.2) is 0 Å². The topological polar surface area (TPSA) is 102 Å². The predicted molar refractivity (Wildman–Crippen MR) is 115 cm³/mol. The third kappa shape index (κ3) is 5.01. The van der Waals surface area contributed by atoms with E-state index in [4.69, 9.17) is 11.6 Å². The van der Waals surface area contributed by atoms with Crippen LogP contribution in [0.4, 0.5) is 19.0 Å². The number of amides is 2. The molecule has 1 unspecified atom stereocenters. The fourth-order valence-electron chi connectivity index (χ4n) is 3.44. The first kappa shape index (κ1) is 23.2. The fraction of sp³-hybridized carbons (Fsp3) is 0.350. The number of hydrogen-bond donors (Lipinski definition) is 2. The number of aryl methyl sites for hydroxylation is 1. The van der Waals surface area contributed by atoms with Gasteiger partial charge in [-0.3, -0.25) is 14.3 Å². The van der Waals surface area contributed by atoms with E-state index in [1.54, 1.807) is 13.1 Å². The zero-order valence-corrected chi connectivity index (χ0v) is 18.8. The summed E-state index contributed by atoms with van der Waals surface area (Å²) >= 11 is 6.56. The molecule has 8 nitrogen and oxygen atoms in total. The second kappa shape index (κ2) is 9.10. The SMILES string of the molecule is CC(NC(=O)c1cnn2c1CCCC2)c1ncc(C(=O)Nc2cc(C(F)(F)F)c(Cl)cn2)s1. The van der Waals surface area contributed by atoms with E-state index < -0.39 is 28.7 Å². The second-order valence-corrected chi connectivity index (χ2v) is 8.91. The van der Waals surface area contributed by atoms with Crippen LogP contribution in [0.25, 0.3) is 0 Å². The number of rotatable bonds is 5. The predicted octanol–water partition coefficient (Wildman–Crippen LogP) is 4.49. The molecule has 0 bridgehead atoms. The van der Waals surface area contributed by atoms with Gasteiger partial charge in [-0.2, -0.15) is 18.3 Å². The smallest absolute Gasteiger partial charge is 0.343 e. The summed E-state index contributed by atoms with van der Waals surface area (Å²) in [5.74, 6) is -1.25. The van der Waals surface area contributed by atoms with Crippen LogP contribution in [0, 0.1) is 0 Å². The molecule has 4 heterocycles. The number of nitrogens with one attached hydrogen (secondary N) is 2. The van der Waals surface area contributed by atoms with Crippen molar-refractivity contribution in [2.24, 2.45) is 0 Å². The number of thiazole rings is 1. The molecule has 0 saturated carbocycles. The second-order valence-electron chi connectivity index (χ2n) is 7.44. The standard InChI is InChI=1S/C20H18ClF3N6O2S/c1-10(28-17(31)11-7-27-30-5-3-2-4-14(11)30)19-26-9-15(33-19)18(32)29-16-6-12(20(22,23)24)13(21)8-25-16/h6-10H,2-5H2,1H3,(H,28,31)(H,25,29,32). The molecular formula is C20H18ClF3N6O2S. The lowest BCUT2D eigenvalue weighted by Crippen LogP contribution is -2.27. The van der Waals surface area contributed by atoms with E-state index in [1.807, 2.05) is 4.68 Å². The van der Waals surface area contributed by atoms with Crippen molar-refractivity contribution in [3.63, 3.8) is 0 Å². The fourth-order valence-corrected chi connectivity index (χ4v) is 4.47. The number of halogens is 4. The summed E-state index contributed by atoms with van der Waals surface area (Å²) in [7, 11) is 0. The Morgan fingerprint density at radius 3 is 2.73 bits per heavy atom. The summed E-state index contributed by atoms with van der Waals surface area (Å²) in [6.07, 6.45) is 1.80. The van der Waals surface area contributed by atoms with Gasteiger partial charge in [0.1, 0.15) is 15.7 Å². The molecule has 0 radical (unpaired) electrons. The van der Waals surface area contributed by atoms with Gasteiger partial charge in [-0.1, -0.05) is 11.6 Å². The van der Waals surface area contributed by atoms with Crippen LogP contribution in [0.15, 0.2) is 24.7 Å². The molecule has 1 atom stereocenters. The molecule has 0 fully saturated rings. The molecule has 2 N–H and O–H groups in total. The van der Waals surface area contributed by atoms with Gasteiger partial charge in [0, 0.05) is 12.7 Å². The van der Waals surface area contributed by atoms with Crippen molar-refractivity contribution >= 4 is 40.6 Å². The molecule has 0 spiro atoms. The van der Waals surface area contributed by atoms with E-state index >= 15 is 0 Å². The van der Waals surface area contributed by atoms with E-state index in [1.165, 1.54) is 6.20 Å². The normalized spacial score (nSPS) is 14.5. The third-order valence-electron chi connectivity index (χ3n) is 5.09. The Balaban J connectivity index is 1.43. The van der Waals surface area contributed by atoms with E-state index in [0.717, 1.165) is 49.0 Å². The van der Waals surface area contributed by atoms with Crippen LogP contribution in [-0.4, -0.2) is 31.6 Å². The van der Waals surface area contributed by atoms with Crippen molar-refractivity contribution in [1.82, 2.24) is 25.1 Å². The zero-order valence-electron chi connectivity index (χ0n) is 17.2. The molecule has 174 valence electrons. The van der Waals surface area contributed by atoms with Gasteiger partial charge >= 0.3 is 6.18 Å². The van der Waals surface area contributed by atoms with Crippen molar-refractivity contribution < 1.29 is 22.8 Å². The number of nitrogens with zero attached hydrogens (tertiary/aromatic N) is 4. The van der Waals surface area contributed by atoms with E-state index in [2.05, 4.69) is 25.7 Å². The Morgan fingerprint density at radius 1 is 1.18 bits per heavy atom. The number of hydrogen-bond acceptors (Lipinski definition) is 6. The molecule has 13 heteroatoms. The largest absolute Gasteiger partial charge is 0.418 e. The van der Waals surface area contributed by atoms with Gasteiger partial charge in [0.2, 0.25) is 0 Å². The minimum absolute atomic E-state index is 0.152. The highest BCUT2D eigenvalue weighted by molar-refractivity contribution is 7.13. The van der Waals surface area contributed by atoms with Gasteiger partial charge in [-0.25, -0.2) is 9.97 Å². The van der Waals surface area contributed by atoms with Crippen LogP contribution >= 0.6 is 22.9 Å². The molecule has 4 rings (SSSR count). The average Bonchev–Trinajstić information content (AvgIpc) is 3.42. The highest BCUT2D eigenvalue weighted by Gasteiger charge is 2.34. The van der Waals surface area contributed by atoms with Crippen molar-refractivity contribution in [3.8, 4) is 0 Å². The Hall–Kier alpha value is -2.99. The van der Waals surface area contributed by atoms with Gasteiger partial charge < -0.3 is 10.6 Å². The van der Waals surface area contributed by atoms with E-state index in [-0.39, 0.29) is 16.6 Å². The van der Waals surface area contributed by atoms with Crippen LogP contribution in [-0.2, 0) is 19.1 Å². The Bertz CT molecular complexity index is 1210. The van der Waals surface area contributed by atoms with Gasteiger partial charge in [0.25, 0.3) is 11.8 Å². The molecule has 0 aromatic carbocycles. The van der Waals surface area contributed by atoms with Gasteiger partial charge in [-0.05, 0) is 32.3 Å². The van der Waals surface area contributed by atoms with Crippen LogP contribution in [0.3, 0.4) is 0 Å². The first-order valence-corrected chi connectivity index (χ1v) is 11.2. The summed E-state index contributed by atoms with van der Waals surface area (Å²) in [6, 6.07) is 0.172. The van der Waals surface area contributed by atoms with E-state index in [0.29, 0.717) is 16.6 Å². The molecular weight excluding hydrogens is 481 g/mol. The molecule has 0 saturated heterocycles. The third-order valence-corrected chi connectivity index (χ3v) is 6.57. The summed E-state index contributed by atoms with van der Waals surface area (Å²) in [6.45, 7) is 2.51. The maximum absolute atomic E-state index is 13.0. The summed E-state index contributed by atoms with van der Waals surface area (Å²) in [5, 5.41) is 9.32. The minimum Gasteiger partial charge on any atom is -0.343 e. The van der Waals surface area contributed by atoms with Crippen LogP contribution < -0.4 is 10.6 Å². The maximum Gasteiger partial charge on any atom is 0.418 e. The molecule has 1 aliphatic rings. The lowest BCUT2D eigenvalue weighted by molar-refractivity contribution is -0.137.